The van der Waals surface area contributed by atoms with Gasteiger partial charge in [-0.3, -0.25) is 4.79 Å². The van der Waals surface area contributed by atoms with Gasteiger partial charge < -0.3 is 5.32 Å². The average Bonchev–Trinajstić information content (AvgIpc) is 2.82. The van der Waals surface area contributed by atoms with Crippen LogP contribution in [-0.2, 0) is 6.42 Å². The Hall–Kier alpha value is -1.87. The lowest BCUT2D eigenvalue weighted by atomic mass is 10.1. The number of nitrogens with one attached hydrogen (secondary N) is 1. The molecule has 0 fully saturated rings. The van der Waals surface area contributed by atoms with Crippen LogP contribution in [0.2, 0.25) is 5.02 Å². The molecule has 0 aliphatic heterocycles. The van der Waals surface area contributed by atoms with Gasteiger partial charge in [-0.25, -0.2) is 4.39 Å². The predicted molar refractivity (Wildman–Crippen MR) is 76.4 cm³/mol. The second kappa shape index (κ2) is 5.25. The van der Waals surface area contributed by atoms with Crippen LogP contribution in [0.3, 0.4) is 0 Å². The number of fused-ring (bicyclic) bond motifs is 1. The van der Waals surface area contributed by atoms with E-state index in [1.54, 1.807) is 0 Å². The molecule has 0 saturated heterocycles. The SMILES string of the molecule is O=C(NC1CCc2ccccc21)c1c(F)cccc1Cl. The van der Waals surface area contributed by atoms with Crippen molar-refractivity contribution < 1.29 is 9.18 Å². The molecule has 1 N–H and O–H groups in total. The van der Waals surface area contributed by atoms with Crippen LogP contribution in [0.5, 0.6) is 0 Å². The van der Waals surface area contributed by atoms with E-state index in [0.717, 1.165) is 18.4 Å². The minimum absolute atomic E-state index is 0.0747. The first kappa shape index (κ1) is 13.1. The first-order valence-electron chi connectivity index (χ1n) is 6.49. The summed E-state index contributed by atoms with van der Waals surface area (Å²) in [6.07, 6.45) is 1.75. The van der Waals surface area contributed by atoms with Crippen molar-refractivity contribution in [3.05, 3.63) is 70.0 Å². The largest absolute Gasteiger partial charge is 0.345 e. The third-order valence-corrected chi connectivity index (χ3v) is 3.94. The molecule has 0 saturated carbocycles. The summed E-state index contributed by atoms with van der Waals surface area (Å²) >= 11 is 5.91. The number of aryl methyl sites for hydroxylation is 1. The molecule has 102 valence electrons. The number of hydrogen-bond donors (Lipinski definition) is 1. The molecule has 1 amide bonds. The minimum atomic E-state index is -0.596. The Labute approximate surface area is 121 Å². The molecule has 1 aliphatic carbocycles. The maximum atomic E-state index is 13.7. The maximum absolute atomic E-state index is 13.7. The zero-order chi connectivity index (χ0) is 14.1. The smallest absolute Gasteiger partial charge is 0.256 e. The molecule has 0 radical (unpaired) electrons. The molecule has 20 heavy (non-hydrogen) atoms. The van der Waals surface area contributed by atoms with E-state index < -0.39 is 11.7 Å². The van der Waals surface area contributed by atoms with Gasteiger partial charge in [-0.2, -0.15) is 0 Å². The van der Waals surface area contributed by atoms with Crippen molar-refractivity contribution in [2.24, 2.45) is 0 Å². The zero-order valence-electron chi connectivity index (χ0n) is 10.7. The van der Waals surface area contributed by atoms with Crippen molar-refractivity contribution in [2.45, 2.75) is 18.9 Å². The summed E-state index contributed by atoms with van der Waals surface area (Å²) in [5, 5.41) is 3.00. The first-order chi connectivity index (χ1) is 9.66. The van der Waals surface area contributed by atoms with Gasteiger partial charge in [0.15, 0.2) is 0 Å². The summed E-state index contributed by atoms with van der Waals surface area (Å²) in [6.45, 7) is 0. The summed E-state index contributed by atoms with van der Waals surface area (Å²) in [5.41, 5.74) is 2.25. The van der Waals surface area contributed by atoms with E-state index in [-0.39, 0.29) is 16.6 Å². The lowest BCUT2D eigenvalue weighted by Crippen LogP contribution is -2.28. The normalized spacial score (nSPS) is 16.8. The van der Waals surface area contributed by atoms with Crippen molar-refractivity contribution >= 4 is 17.5 Å². The number of carbonyl (C=O) groups is 1. The molecular formula is C16H13ClFNO. The van der Waals surface area contributed by atoms with Gasteiger partial charge in [-0.1, -0.05) is 41.9 Å². The molecule has 1 aliphatic rings. The molecule has 0 bridgehead atoms. The van der Waals surface area contributed by atoms with E-state index in [4.69, 9.17) is 11.6 Å². The monoisotopic (exact) mass is 289 g/mol. The van der Waals surface area contributed by atoms with Crippen LogP contribution in [0.4, 0.5) is 4.39 Å². The molecule has 0 heterocycles. The van der Waals surface area contributed by atoms with Crippen LogP contribution in [0, 0.1) is 5.82 Å². The van der Waals surface area contributed by atoms with E-state index >= 15 is 0 Å². The van der Waals surface area contributed by atoms with Crippen molar-refractivity contribution in [1.82, 2.24) is 5.32 Å². The van der Waals surface area contributed by atoms with Crippen LogP contribution >= 0.6 is 11.6 Å². The minimum Gasteiger partial charge on any atom is -0.345 e. The van der Waals surface area contributed by atoms with Gasteiger partial charge >= 0.3 is 0 Å². The van der Waals surface area contributed by atoms with Crippen molar-refractivity contribution in [3.8, 4) is 0 Å². The fourth-order valence-electron chi connectivity index (χ4n) is 2.65. The van der Waals surface area contributed by atoms with Crippen LogP contribution in [0.1, 0.15) is 33.9 Å². The summed E-state index contributed by atoms with van der Waals surface area (Å²) in [4.78, 5) is 12.2. The molecule has 4 heteroatoms. The fraction of sp³-hybridized carbons (Fsp3) is 0.188. The topological polar surface area (TPSA) is 29.1 Å². The Morgan fingerprint density at radius 3 is 2.80 bits per heavy atom. The van der Waals surface area contributed by atoms with E-state index in [2.05, 4.69) is 11.4 Å². The van der Waals surface area contributed by atoms with Gasteiger partial charge in [0.05, 0.1) is 16.6 Å². The van der Waals surface area contributed by atoms with E-state index in [0.29, 0.717) is 0 Å². The lowest BCUT2D eigenvalue weighted by Gasteiger charge is -2.15. The van der Waals surface area contributed by atoms with Crippen LogP contribution in [-0.4, -0.2) is 5.91 Å². The Balaban J connectivity index is 1.85. The van der Waals surface area contributed by atoms with Gasteiger partial charge in [0.2, 0.25) is 0 Å². The average molecular weight is 290 g/mol. The highest BCUT2D eigenvalue weighted by Crippen LogP contribution is 2.31. The quantitative estimate of drug-likeness (QED) is 0.893. The Bertz CT molecular complexity index is 651. The summed E-state index contributed by atoms with van der Waals surface area (Å²) in [6, 6.07) is 12.1. The molecular weight excluding hydrogens is 277 g/mol. The number of benzene rings is 2. The van der Waals surface area contributed by atoms with Gasteiger partial charge in [-0.05, 0) is 36.1 Å². The van der Waals surface area contributed by atoms with Gasteiger partial charge in [-0.15, -0.1) is 0 Å². The van der Waals surface area contributed by atoms with E-state index in [1.165, 1.54) is 23.8 Å². The summed E-state index contributed by atoms with van der Waals surface area (Å²) < 4.78 is 13.7. The molecule has 0 spiro atoms. The molecule has 1 unspecified atom stereocenters. The number of carbonyl (C=O) groups excluding carboxylic acids is 1. The Morgan fingerprint density at radius 2 is 2.00 bits per heavy atom. The van der Waals surface area contributed by atoms with Crippen molar-refractivity contribution in [3.63, 3.8) is 0 Å². The zero-order valence-corrected chi connectivity index (χ0v) is 11.5. The third kappa shape index (κ3) is 2.29. The van der Waals surface area contributed by atoms with Crippen LogP contribution in [0.15, 0.2) is 42.5 Å². The maximum Gasteiger partial charge on any atom is 0.256 e. The number of hydrogen-bond acceptors (Lipinski definition) is 1. The highest BCUT2D eigenvalue weighted by Gasteiger charge is 2.25. The standard InChI is InChI=1S/C16H13ClFNO/c17-12-6-3-7-13(18)15(12)16(20)19-14-9-8-10-4-1-2-5-11(10)14/h1-7,14H,8-9H2,(H,19,20). The molecule has 2 nitrogen and oxygen atoms in total. The molecule has 2 aromatic carbocycles. The first-order valence-corrected chi connectivity index (χ1v) is 6.87. The second-order valence-corrected chi connectivity index (χ2v) is 5.27. The number of amides is 1. The highest BCUT2D eigenvalue weighted by atomic mass is 35.5. The van der Waals surface area contributed by atoms with E-state index in [1.807, 2.05) is 18.2 Å². The molecule has 0 aromatic heterocycles. The number of rotatable bonds is 2. The summed E-state index contributed by atoms with van der Waals surface area (Å²) in [7, 11) is 0. The van der Waals surface area contributed by atoms with Crippen molar-refractivity contribution in [2.75, 3.05) is 0 Å². The number of halogens is 2. The second-order valence-electron chi connectivity index (χ2n) is 4.86. The highest BCUT2D eigenvalue weighted by molar-refractivity contribution is 6.33. The van der Waals surface area contributed by atoms with E-state index in [9.17, 15) is 9.18 Å². The van der Waals surface area contributed by atoms with Crippen LogP contribution in [0.25, 0.3) is 0 Å². The predicted octanol–water partition coefficient (Wildman–Crippen LogP) is 3.90. The van der Waals surface area contributed by atoms with Gasteiger partial charge in [0, 0.05) is 0 Å². The molecule has 2 aromatic rings. The Morgan fingerprint density at radius 1 is 1.20 bits per heavy atom. The molecule has 3 rings (SSSR count). The molecule has 1 atom stereocenters. The Kier molecular flexibility index (Phi) is 3.45. The fourth-order valence-corrected chi connectivity index (χ4v) is 2.90. The van der Waals surface area contributed by atoms with Gasteiger partial charge in [0.25, 0.3) is 5.91 Å². The van der Waals surface area contributed by atoms with Gasteiger partial charge in [0.1, 0.15) is 5.82 Å². The van der Waals surface area contributed by atoms with Crippen molar-refractivity contribution in [1.29, 1.82) is 0 Å². The summed E-state index contributed by atoms with van der Waals surface area (Å²) in [5.74, 6) is -1.06. The van der Waals surface area contributed by atoms with Crippen LogP contribution < -0.4 is 5.32 Å². The third-order valence-electron chi connectivity index (χ3n) is 3.63. The lowest BCUT2D eigenvalue weighted by molar-refractivity contribution is 0.0933.